The maximum Gasteiger partial charge on any atom is 0.225 e. The topological polar surface area (TPSA) is 51.4 Å². The Hall–Kier alpha value is -2.92. The fourth-order valence-electron chi connectivity index (χ4n) is 2.97. The van der Waals surface area contributed by atoms with Gasteiger partial charge in [-0.2, -0.15) is 4.98 Å². The summed E-state index contributed by atoms with van der Waals surface area (Å²) in [5.74, 6) is 1.83. The lowest BCUT2D eigenvalue weighted by Crippen LogP contribution is -2.19. The number of aromatic nitrogens is 2. The van der Waals surface area contributed by atoms with Gasteiger partial charge in [0, 0.05) is 17.5 Å². The van der Waals surface area contributed by atoms with E-state index < -0.39 is 0 Å². The van der Waals surface area contributed by atoms with Crippen molar-refractivity contribution in [2.45, 2.75) is 6.92 Å². The zero-order chi connectivity index (χ0) is 18.1. The molecule has 0 amide bonds. The largest absolute Gasteiger partial charge is 0.476 e. The number of rotatable bonds is 5. The summed E-state index contributed by atoms with van der Waals surface area (Å²) in [6.45, 7) is 3.41. The van der Waals surface area contributed by atoms with Crippen LogP contribution in [0, 0.1) is 6.92 Å². The second-order valence-corrected chi connectivity index (χ2v) is 6.57. The first-order valence-corrected chi connectivity index (χ1v) is 8.66. The molecule has 0 N–H and O–H groups in total. The first kappa shape index (κ1) is 16.5. The number of nitrogens with zero attached hydrogens (tertiary/aromatic N) is 3. The zero-order valence-corrected chi connectivity index (χ0v) is 15.2. The van der Waals surface area contributed by atoms with Crippen LogP contribution in [0.25, 0.3) is 33.5 Å². The van der Waals surface area contributed by atoms with E-state index in [1.165, 1.54) is 0 Å². The molecule has 0 unspecified atom stereocenters. The molecule has 5 heteroatoms. The third-order valence-electron chi connectivity index (χ3n) is 4.39. The standard InChI is InChI=1S/C21H21N3O2/c1-14-15-8-5-7-11-18(15)26-19(14)20-22-17-10-6-4-9-16(17)21(23-20)25-13-12-24(2)3/h4-11H,12-13H2,1-3H3. The van der Waals surface area contributed by atoms with Gasteiger partial charge < -0.3 is 14.1 Å². The minimum Gasteiger partial charge on any atom is -0.476 e. The zero-order valence-electron chi connectivity index (χ0n) is 15.2. The summed E-state index contributed by atoms with van der Waals surface area (Å²) in [6.07, 6.45) is 0. The number of hydrogen-bond donors (Lipinski definition) is 0. The summed E-state index contributed by atoms with van der Waals surface area (Å²) in [7, 11) is 4.04. The number of aryl methyl sites for hydroxylation is 1. The number of fused-ring (bicyclic) bond motifs is 2. The van der Waals surface area contributed by atoms with Crippen LogP contribution in [0.3, 0.4) is 0 Å². The Bertz CT molecular complexity index is 1070. The van der Waals surface area contributed by atoms with Crippen LogP contribution in [0.1, 0.15) is 5.56 Å². The number of para-hydroxylation sites is 2. The Morgan fingerprint density at radius 3 is 2.46 bits per heavy atom. The number of likely N-dealkylation sites (N-methyl/N-ethyl adjacent to an activating group) is 1. The highest BCUT2D eigenvalue weighted by Gasteiger charge is 2.17. The monoisotopic (exact) mass is 347 g/mol. The van der Waals surface area contributed by atoms with Crippen LogP contribution in [0.5, 0.6) is 5.88 Å². The van der Waals surface area contributed by atoms with Crippen molar-refractivity contribution in [2.75, 3.05) is 27.2 Å². The second kappa shape index (κ2) is 6.77. The van der Waals surface area contributed by atoms with Crippen molar-refractivity contribution in [3.05, 3.63) is 54.1 Å². The molecular formula is C21H21N3O2. The number of ether oxygens (including phenoxy) is 1. The van der Waals surface area contributed by atoms with E-state index in [0.717, 1.165) is 34.0 Å². The molecule has 0 aliphatic carbocycles. The Balaban J connectivity index is 1.83. The van der Waals surface area contributed by atoms with Gasteiger partial charge in [0.1, 0.15) is 12.2 Å². The number of furan rings is 1. The quantitative estimate of drug-likeness (QED) is 0.539. The van der Waals surface area contributed by atoms with E-state index in [4.69, 9.17) is 14.1 Å². The molecule has 4 aromatic rings. The first-order valence-electron chi connectivity index (χ1n) is 8.66. The first-order chi connectivity index (χ1) is 12.6. The Morgan fingerprint density at radius 2 is 1.69 bits per heavy atom. The van der Waals surface area contributed by atoms with Gasteiger partial charge in [-0.1, -0.05) is 30.3 Å². The van der Waals surface area contributed by atoms with Crippen molar-refractivity contribution >= 4 is 21.9 Å². The highest BCUT2D eigenvalue weighted by Crippen LogP contribution is 2.33. The normalized spacial score (nSPS) is 11.5. The highest BCUT2D eigenvalue weighted by molar-refractivity contribution is 5.89. The predicted octanol–water partition coefficient (Wildman–Crippen LogP) is 4.29. The molecule has 0 aliphatic heterocycles. The highest BCUT2D eigenvalue weighted by atomic mass is 16.5. The molecule has 0 saturated heterocycles. The molecule has 0 atom stereocenters. The summed E-state index contributed by atoms with van der Waals surface area (Å²) < 4.78 is 12.0. The molecule has 0 aliphatic rings. The molecule has 0 saturated carbocycles. The molecule has 26 heavy (non-hydrogen) atoms. The van der Waals surface area contributed by atoms with Gasteiger partial charge in [-0.15, -0.1) is 0 Å². The van der Waals surface area contributed by atoms with Gasteiger partial charge in [0.2, 0.25) is 5.88 Å². The predicted molar refractivity (Wildman–Crippen MR) is 104 cm³/mol. The van der Waals surface area contributed by atoms with E-state index in [1.54, 1.807) is 0 Å². The maximum atomic E-state index is 6.04. The van der Waals surface area contributed by atoms with Crippen LogP contribution in [-0.4, -0.2) is 42.1 Å². The minimum absolute atomic E-state index is 0.553. The molecule has 0 fully saturated rings. The molecular weight excluding hydrogens is 326 g/mol. The summed E-state index contributed by atoms with van der Waals surface area (Å²) in [6, 6.07) is 15.9. The van der Waals surface area contributed by atoms with E-state index in [-0.39, 0.29) is 0 Å². The van der Waals surface area contributed by atoms with Crippen LogP contribution in [-0.2, 0) is 0 Å². The van der Waals surface area contributed by atoms with Crippen LogP contribution >= 0.6 is 0 Å². The molecule has 0 bridgehead atoms. The van der Waals surface area contributed by atoms with Crippen molar-refractivity contribution in [2.24, 2.45) is 0 Å². The third-order valence-corrected chi connectivity index (χ3v) is 4.39. The van der Waals surface area contributed by atoms with Gasteiger partial charge in [-0.25, -0.2) is 4.98 Å². The SMILES string of the molecule is Cc1c(-c2nc(OCCN(C)C)c3ccccc3n2)oc2ccccc12. The lowest BCUT2D eigenvalue weighted by atomic mass is 10.1. The smallest absolute Gasteiger partial charge is 0.225 e. The Kier molecular flexibility index (Phi) is 4.31. The fourth-order valence-corrected chi connectivity index (χ4v) is 2.97. The summed E-state index contributed by atoms with van der Waals surface area (Å²) in [4.78, 5) is 11.5. The molecule has 5 nitrogen and oxygen atoms in total. The van der Waals surface area contributed by atoms with Gasteiger partial charge in [0.25, 0.3) is 0 Å². The van der Waals surface area contributed by atoms with Crippen molar-refractivity contribution in [3.63, 3.8) is 0 Å². The van der Waals surface area contributed by atoms with E-state index >= 15 is 0 Å². The van der Waals surface area contributed by atoms with Crippen molar-refractivity contribution < 1.29 is 9.15 Å². The molecule has 2 heterocycles. The average Bonchev–Trinajstić information content (AvgIpc) is 2.98. The van der Waals surface area contributed by atoms with Gasteiger partial charge in [0.15, 0.2) is 11.6 Å². The lowest BCUT2D eigenvalue weighted by molar-refractivity contribution is 0.256. The van der Waals surface area contributed by atoms with E-state index in [0.29, 0.717) is 24.1 Å². The Labute approximate surface area is 152 Å². The van der Waals surface area contributed by atoms with Crippen LogP contribution in [0.2, 0.25) is 0 Å². The van der Waals surface area contributed by atoms with Gasteiger partial charge >= 0.3 is 0 Å². The van der Waals surface area contributed by atoms with Crippen molar-refractivity contribution in [3.8, 4) is 17.5 Å². The summed E-state index contributed by atoms with van der Waals surface area (Å²) in [5, 5.41) is 1.98. The molecule has 0 radical (unpaired) electrons. The van der Waals surface area contributed by atoms with Gasteiger partial charge in [0.05, 0.1) is 10.9 Å². The number of benzene rings is 2. The molecule has 132 valence electrons. The van der Waals surface area contributed by atoms with Crippen molar-refractivity contribution in [1.29, 1.82) is 0 Å². The van der Waals surface area contributed by atoms with Crippen molar-refractivity contribution in [1.82, 2.24) is 14.9 Å². The maximum absolute atomic E-state index is 6.04. The van der Waals surface area contributed by atoms with E-state index in [9.17, 15) is 0 Å². The third kappa shape index (κ3) is 3.02. The van der Waals surface area contributed by atoms with Gasteiger partial charge in [-0.05, 0) is 39.2 Å². The average molecular weight is 347 g/mol. The number of hydrogen-bond acceptors (Lipinski definition) is 5. The van der Waals surface area contributed by atoms with Crippen LogP contribution in [0.4, 0.5) is 0 Å². The lowest BCUT2D eigenvalue weighted by Gasteiger charge is -2.12. The van der Waals surface area contributed by atoms with E-state index in [1.807, 2.05) is 69.6 Å². The summed E-state index contributed by atoms with van der Waals surface area (Å²) in [5.41, 5.74) is 2.72. The molecule has 4 rings (SSSR count). The fraction of sp³-hybridized carbons (Fsp3) is 0.238. The Morgan fingerprint density at radius 1 is 0.962 bits per heavy atom. The van der Waals surface area contributed by atoms with Crippen LogP contribution < -0.4 is 4.74 Å². The minimum atomic E-state index is 0.553. The summed E-state index contributed by atoms with van der Waals surface area (Å²) >= 11 is 0. The van der Waals surface area contributed by atoms with E-state index in [2.05, 4.69) is 9.88 Å². The van der Waals surface area contributed by atoms with Crippen LogP contribution in [0.15, 0.2) is 52.9 Å². The van der Waals surface area contributed by atoms with Gasteiger partial charge in [-0.3, -0.25) is 0 Å². The molecule has 2 aromatic heterocycles. The second-order valence-electron chi connectivity index (χ2n) is 6.57. The molecule has 0 spiro atoms. The molecule has 2 aromatic carbocycles.